The van der Waals surface area contributed by atoms with Crippen molar-refractivity contribution < 1.29 is 0 Å². The number of hydrogen-bond donors (Lipinski definition) is 2. The minimum atomic E-state index is 0. The number of hydrogen-bond acceptors (Lipinski definition) is 3. The molecule has 2 rings (SSSR count). The van der Waals surface area contributed by atoms with E-state index in [-0.39, 0.29) is 24.0 Å². The molecule has 0 aliphatic carbocycles. The summed E-state index contributed by atoms with van der Waals surface area (Å²) in [4.78, 5) is 4.22. The molecule has 0 saturated heterocycles. The van der Waals surface area contributed by atoms with Crippen LogP contribution in [0.3, 0.4) is 0 Å². The Morgan fingerprint density at radius 2 is 2.05 bits per heavy atom. The van der Waals surface area contributed by atoms with E-state index in [1.54, 1.807) is 7.05 Å². The minimum absolute atomic E-state index is 0. The molecule has 0 bridgehead atoms. The number of unbranched alkanes of at least 4 members (excludes halogenated alkanes) is 3. The first-order valence-corrected chi connectivity index (χ1v) is 7.58. The average molecular weight is 416 g/mol. The average Bonchev–Trinajstić information content (AvgIpc) is 2.93. The molecule has 0 saturated carbocycles. The normalized spacial score (nSPS) is 11.3. The molecule has 2 heterocycles. The number of pyridine rings is 1. The first-order valence-electron chi connectivity index (χ1n) is 7.58. The molecule has 0 fully saturated rings. The molecule has 2 N–H and O–H groups in total. The summed E-state index contributed by atoms with van der Waals surface area (Å²) in [6.45, 7) is 3.76. The minimum Gasteiger partial charge on any atom is -0.356 e. The lowest BCUT2D eigenvalue weighted by Gasteiger charge is -2.11. The van der Waals surface area contributed by atoms with Crippen LogP contribution in [0.25, 0.3) is 5.65 Å². The number of rotatable bonds is 7. The molecular weight excluding hydrogens is 391 g/mol. The summed E-state index contributed by atoms with van der Waals surface area (Å²) in [6, 6.07) is 5.87. The van der Waals surface area contributed by atoms with E-state index in [9.17, 15) is 0 Å². The van der Waals surface area contributed by atoms with Gasteiger partial charge in [0, 0.05) is 19.8 Å². The fourth-order valence-corrected chi connectivity index (χ4v) is 2.15. The van der Waals surface area contributed by atoms with E-state index in [1.165, 1.54) is 25.7 Å². The highest BCUT2D eigenvalue weighted by Gasteiger charge is 2.05. The lowest BCUT2D eigenvalue weighted by Crippen LogP contribution is -2.37. The maximum Gasteiger partial charge on any atom is 0.191 e. The third-order valence-corrected chi connectivity index (χ3v) is 3.34. The zero-order chi connectivity index (χ0) is 14.9. The molecule has 0 aliphatic heterocycles. The van der Waals surface area contributed by atoms with Gasteiger partial charge in [0.1, 0.15) is 0 Å². The van der Waals surface area contributed by atoms with Gasteiger partial charge >= 0.3 is 0 Å². The van der Waals surface area contributed by atoms with Crippen molar-refractivity contribution in [2.45, 2.75) is 39.2 Å². The molecular formula is C15H25IN6. The number of nitrogens with zero attached hydrogens (tertiary/aromatic N) is 4. The molecule has 6 nitrogen and oxygen atoms in total. The van der Waals surface area contributed by atoms with Crippen LogP contribution in [-0.2, 0) is 6.54 Å². The quantitative estimate of drug-likeness (QED) is 0.315. The summed E-state index contributed by atoms with van der Waals surface area (Å²) in [5.41, 5.74) is 0.858. The van der Waals surface area contributed by atoms with E-state index < -0.39 is 0 Å². The van der Waals surface area contributed by atoms with Gasteiger partial charge in [-0.2, -0.15) is 0 Å². The zero-order valence-corrected chi connectivity index (χ0v) is 15.6. The van der Waals surface area contributed by atoms with Crippen LogP contribution in [-0.4, -0.2) is 34.2 Å². The second-order valence-electron chi connectivity index (χ2n) is 4.96. The summed E-state index contributed by atoms with van der Waals surface area (Å²) < 4.78 is 1.97. The van der Waals surface area contributed by atoms with Crippen LogP contribution in [0.2, 0.25) is 0 Å². The molecule has 0 atom stereocenters. The molecule has 122 valence electrons. The molecule has 2 aromatic rings. The highest BCUT2D eigenvalue weighted by molar-refractivity contribution is 14.0. The van der Waals surface area contributed by atoms with Gasteiger partial charge in [0.25, 0.3) is 0 Å². The van der Waals surface area contributed by atoms with Crippen LogP contribution < -0.4 is 10.6 Å². The summed E-state index contributed by atoms with van der Waals surface area (Å²) in [5, 5.41) is 14.9. The van der Waals surface area contributed by atoms with Gasteiger partial charge in [0.15, 0.2) is 17.4 Å². The van der Waals surface area contributed by atoms with E-state index in [0.29, 0.717) is 6.54 Å². The fraction of sp³-hybridized carbons (Fsp3) is 0.533. The van der Waals surface area contributed by atoms with Crippen molar-refractivity contribution in [2.24, 2.45) is 4.99 Å². The first kappa shape index (κ1) is 18.7. The number of nitrogens with one attached hydrogen (secondary N) is 2. The molecule has 22 heavy (non-hydrogen) atoms. The Morgan fingerprint density at radius 1 is 1.18 bits per heavy atom. The van der Waals surface area contributed by atoms with Crippen LogP contribution in [0, 0.1) is 0 Å². The molecule has 0 unspecified atom stereocenters. The van der Waals surface area contributed by atoms with Crippen molar-refractivity contribution in [2.75, 3.05) is 13.6 Å². The number of aliphatic imine (C=N–C) groups is 1. The topological polar surface area (TPSA) is 66.6 Å². The van der Waals surface area contributed by atoms with Crippen LogP contribution in [0.4, 0.5) is 0 Å². The third kappa shape index (κ3) is 5.43. The second-order valence-corrected chi connectivity index (χ2v) is 4.96. The Morgan fingerprint density at radius 3 is 2.82 bits per heavy atom. The molecule has 2 aromatic heterocycles. The van der Waals surface area contributed by atoms with Crippen molar-refractivity contribution in [3.63, 3.8) is 0 Å². The Kier molecular flexibility index (Phi) is 8.79. The van der Waals surface area contributed by atoms with Gasteiger partial charge in [-0.3, -0.25) is 9.39 Å². The second kappa shape index (κ2) is 10.4. The molecule has 7 heteroatoms. The molecule has 0 aliphatic rings. The van der Waals surface area contributed by atoms with Gasteiger partial charge in [-0.15, -0.1) is 34.2 Å². The zero-order valence-electron chi connectivity index (χ0n) is 13.2. The van der Waals surface area contributed by atoms with E-state index in [4.69, 9.17) is 0 Å². The van der Waals surface area contributed by atoms with E-state index in [2.05, 4.69) is 32.7 Å². The number of guanidine groups is 1. The Labute approximate surface area is 148 Å². The monoisotopic (exact) mass is 416 g/mol. The Balaban J connectivity index is 0.00000242. The maximum atomic E-state index is 4.22. The van der Waals surface area contributed by atoms with Crippen LogP contribution in [0.15, 0.2) is 29.4 Å². The van der Waals surface area contributed by atoms with Gasteiger partial charge < -0.3 is 10.6 Å². The van der Waals surface area contributed by atoms with E-state index in [0.717, 1.165) is 24.0 Å². The van der Waals surface area contributed by atoms with Crippen molar-refractivity contribution in [3.8, 4) is 0 Å². The predicted molar refractivity (Wildman–Crippen MR) is 101 cm³/mol. The van der Waals surface area contributed by atoms with Gasteiger partial charge in [-0.1, -0.05) is 32.3 Å². The van der Waals surface area contributed by atoms with Crippen LogP contribution in [0.5, 0.6) is 0 Å². The smallest absolute Gasteiger partial charge is 0.191 e. The van der Waals surface area contributed by atoms with E-state index >= 15 is 0 Å². The summed E-state index contributed by atoms with van der Waals surface area (Å²) in [5.74, 6) is 1.68. The Bertz CT molecular complexity index is 580. The van der Waals surface area contributed by atoms with Gasteiger partial charge in [0.2, 0.25) is 0 Å². The summed E-state index contributed by atoms with van der Waals surface area (Å²) >= 11 is 0. The van der Waals surface area contributed by atoms with Crippen LogP contribution in [0.1, 0.15) is 38.4 Å². The number of aromatic nitrogens is 3. The van der Waals surface area contributed by atoms with Crippen molar-refractivity contribution in [1.29, 1.82) is 0 Å². The first-order chi connectivity index (χ1) is 10.3. The lowest BCUT2D eigenvalue weighted by atomic mass is 10.2. The van der Waals surface area contributed by atoms with Crippen molar-refractivity contribution >= 4 is 35.6 Å². The summed E-state index contributed by atoms with van der Waals surface area (Å²) in [7, 11) is 1.78. The van der Waals surface area contributed by atoms with Crippen molar-refractivity contribution in [1.82, 2.24) is 25.2 Å². The fourth-order valence-electron chi connectivity index (χ4n) is 2.15. The summed E-state index contributed by atoms with van der Waals surface area (Å²) in [6.07, 6.45) is 6.94. The van der Waals surface area contributed by atoms with E-state index in [1.807, 2.05) is 28.8 Å². The predicted octanol–water partition coefficient (Wildman–Crippen LogP) is 2.59. The number of halogens is 1. The van der Waals surface area contributed by atoms with Gasteiger partial charge in [0.05, 0.1) is 6.54 Å². The molecule has 0 radical (unpaired) electrons. The SMILES string of the molecule is CCCCCCNC(=NC)NCc1nnc2ccccn12.I. The standard InChI is InChI=1S/C15H24N6.HI/c1-3-4-5-7-10-17-15(16-2)18-12-14-20-19-13-9-6-8-11-21(13)14;/h6,8-9,11H,3-5,7,10,12H2,1-2H3,(H2,16,17,18);1H. The highest BCUT2D eigenvalue weighted by atomic mass is 127. The molecule has 0 amide bonds. The Hall–Kier alpha value is -1.38. The van der Waals surface area contributed by atoms with Gasteiger partial charge in [-0.25, -0.2) is 0 Å². The number of fused-ring (bicyclic) bond motifs is 1. The lowest BCUT2D eigenvalue weighted by molar-refractivity contribution is 0.645. The third-order valence-electron chi connectivity index (χ3n) is 3.34. The van der Waals surface area contributed by atoms with Gasteiger partial charge in [-0.05, 0) is 18.6 Å². The molecule has 0 aromatic carbocycles. The van der Waals surface area contributed by atoms with Crippen molar-refractivity contribution in [3.05, 3.63) is 30.2 Å². The maximum absolute atomic E-state index is 4.22. The highest BCUT2D eigenvalue weighted by Crippen LogP contribution is 2.02. The van der Waals surface area contributed by atoms with Crippen LogP contribution >= 0.6 is 24.0 Å². The molecule has 0 spiro atoms. The largest absolute Gasteiger partial charge is 0.356 e.